The Morgan fingerprint density at radius 1 is 0.769 bits per heavy atom. The van der Waals surface area contributed by atoms with Crippen LogP contribution in [0.1, 0.15) is 82.0 Å². The van der Waals surface area contributed by atoms with Crippen LogP contribution in [0.5, 0.6) is 0 Å². The van der Waals surface area contributed by atoms with Crippen LogP contribution in [0.4, 0.5) is 5.69 Å². The van der Waals surface area contributed by atoms with E-state index in [1.165, 1.54) is 16.7 Å². The van der Waals surface area contributed by atoms with E-state index in [1.54, 1.807) is 0 Å². The fourth-order valence-electron chi connectivity index (χ4n) is 2.93. The molecule has 0 aliphatic carbocycles. The Hall–Kier alpha value is -1.87. The lowest BCUT2D eigenvalue weighted by Gasteiger charge is -2.19. The minimum Gasteiger partial charge on any atom is -0.356 e. The van der Waals surface area contributed by atoms with E-state index in [-0.39, 0.29) is 6.04 Å². The fraction of sp³-hybridized carbons (Fsp3) is 0.435. The number of anilines is 1. The van der Waals surface area contributed by atoms with Crippen molar-refractivity contribution >= 4 is 23.0 Å². The summed E-state index contributed by atoms with van der Waals surface area (Å²) in [6, 6.07) is 17.6. The van der Waals surface area contributed by atoms with Crippen LogP contribution in [0.25, 0.3) is 0 Å². The Labute approximate surface area is 164 Å². The number of benzene rings is 2. The zero-order valence-corrected chi connectivity index (χ0v) is 17.5. The van der Waals surface area contributed by atoms with E-state index in [2.05, 4.69) is 93.8 Å². The molecule has 0 saturated carbocycles. The number of nitrogens with one attached hydrogen (secondary N) is 2. The van der Waals surface area contributed by atoms with Crippen molar-refractivity contribution in [2.75, 3.05) is 5.32 Å². The van der Waals surface area contributed by atoms with Gasteiger partial charge in [0, 0.05) is 5.69 Å². The molecular formula is C23H32N2S. The van der Waals surface area contributed by atoms with Gasteiger partial charge in [0.25, 0.3) is 0 Å². The second-order valence-electron chi connectivity index (χ2n) is 7.23. The van der Waals surface area contributed by atoms with Gasteiger partial charge in [-0.2, -0.15) is 0 Å². The second kappa shape index (κ2) is 9.72. The summed E-state index contributed by atoms with van der Waals surface area (Å²) in [5.74, 6) is 1.20. The maximum atomic E-state index is 5.48. The zero-order valence-electron chi connectivity index (χ0n) is 16.7. The predicted octanol–water partition coefficient (Wildman–Crippen LogP) is 6.76. The first kappa shape index (κ1) is 20.4. The van der Waals surface area contributed by atoms with E-state index in [4.69, 9.17) is 12.2 Å². The molecule has 2 rings (SSSR count). The predicted molar refractivity (Wildman–Crippen MR) is 118 cm³/mol. The van der Waals surface area contributed by atoms with E-state index in [0.717, 1.165) is 18.5 Å². The van der Waals surface area contributed by atoms with Gasteiger partial charge in [0.2, 0.25) is 0 Å². The van der Waals surface area contributed by atoms with Crippen LogP contribution in [-0.2, 0) is 0 Å². The van der Waals surface area contributed by atoms with Gasteiger partial charge >= 0.3 is 0 Å². The van der Waals surface area contributed by atoms with Crippen molar-refractivity contribution in [3.05, 3.63) is 65.2 Å². The highest BCUT2D eigenvalue weighted by molar-refractivity contribution is 7.80. The molecule has 2 nitrogen and oxygen atoms in total. The summed E-state index contributed by atoms with van der Waals surface area (Å²) < 4.78 is 0. The molecule has 0 fully saturated rings. The Kier molecular flexibility index (Phi) is 7.65. The van der Waals surface area contributed by atoms with Crippen molar-refractivity contribution in [3.8, 4) is 0 Å². The van der Waals surface area contributed by atoms with Gasteiger partial charge in [-0.15, -0.1) is 0 Å². The molecular weight excluding hydrogens is 336 g/mol. The van der Waals surface area contributed by atoms with Crippen LogP contribution in [0, 0.1) is 0 Å². The summed E-state index contributed by atoms with van der Waals surface area (Å²) in [6.45, 7) is 11.1. The first-order valence-corrected chi connectivity index (χ1v) is 10.1. The lowest BCUT2D eigenvalue weighted by atomic mass is 9.96. The molecule has 0 bridgehead atoms. The standard InChI is InChI=1S/C23H32N2S/c1-6-16(3)19-8-10-21(11-9-19)18(5)24-23(26)25-22-14-12-20(13-15-22)17(4)7-2/h8-18H,6-7H2,1-5H3,(H2,24,25,26). The Balaban J connectivity index is 1.92. The summed E-state index contributed by atoms with van der Waals surface area (Å²) in [4.78, 5) is 0. The molecule has 0 saturated heterocycles. The van der Waals surface area contributed by atoms with Crippen molar-refractivity contribution in [2.24, 2.45) is 0 Å². The SMILES string of the molecule is CCC(C)c1ccc(NC(=S)NC(C)c2ccc(C(C)CC)cc2)cc1. The molecule has 26 heavy (non-hydrogen) atoms. The van der Waals surface area contributed by atoms with Gasteiger partial charge in [-0.05, 0) is 72.6 Å². The van der Waals surface area contributed by atoms with Crippen molar-refractivity contribution in [3.63, 3.8) is 0 Å². The van der Waals surface area contributed by atoms with Crippen molar-refractivity contribution in [2.45, 2.75) is 65.3 Å². The first-order chi connectivity index (χ1) is 12.4. The van der Waals surface area contributed by atoms with Gasteiger partial charge in [0.15, 0.2) is 5.11 Å². The topological polar surface area (TPSA) is 24.1 Å². The van der Waals surface area contributed by atoms with Crippen LogP contribution >= 0.6 is 12.2 Å². The number of thiocarbonyl (C=S) groups is 1. The average Bonchev–Trinajstić information content (AvgIpc) is 2.67. The van der Waals surface area contributed by atoms with E-state index >= 15 is 0 Å². The quantitative estimate of drug-likeness (QED) is 0.528. The molecule has 0 amide bonds. The molecule has 0 aliphatic heterocycles. The first-order valence-electron chi connectivity index (χ1n) is 9.71. The van der Waals surface area contributed by atoms with Gasteiger partial charge in [0.05, 0.1) is 6.04 Å². The zero-order chi connectivity index (χ0) is 19.1. The fourth-order valence-corrected chi connectivity index (χ4v) is 3.22. The molecule has 0 aliphatic rings. The van der Waals surface area contributed by atoms with Crippen LogP contribution in [0.3, 0.4) is 0 Å². The summed E-state index contributed by atoms with van der Waals surface area (Å²) >= 11 is 5.48. The molecule has 0 spiro atoms. The van der Waals surface area contributed by atoms with Crippen molar-refractivity contribution < 1.29 is 0 Å². The Morgan fingerprint density at radius 2 is 1.19 bits per heavy atom. The van der Waals surface area contributed by atoms with E-state index in [1.807, 2.05) is 0 Å². The van der Waals surface area contributed by atoms with Gasteiger partial charge in [-0.25, -0.2) is 0 Å². The van der Waals surface area contributed by atoms with Gasteiger partial charge in [-0.3, -0.25) is 0 Å². The molecule has 0 aromatic heterocycles. The number of hydrogen-bond acceptors (Lipinski definition) is 1. The molecule has 0 radical (unpaired) electrons. The molecule has 2 N–H and O–H groups in total. The van der Waals surface area contributed by atoms with E-state index in [9.17, 15) is 0 Å². The normalized spacial score (nSPS) is 14.3. The highest BCUT2D eigenvalue weighted by atomic mass is 32.1. The lowest BCUT2D eigenvalue weighted by Crippen LogP contribution is -2.30. The molecule has 0 heterocycles. The minimum atomic E-state index is 0.167. The second-order valence-corrected chi connectivity index (χ2v) is 7.64. The van der Waals surface area contributed by atoms with Crippen LogP contribution in [-0.4, -0.2) is 5.11 Å². The van der Waals surface area contributed by atoms with Crippen LogP contribution in [0.15, 0.2) is 48.5 Å². The molecule has 3 atom stereocenters. The largest absolute Gasteiger partial charge is 0.356 e. The van der Waals surface area contributed by atoms with Crippen LogP contribution < -0.4 is 10.6 Å². The molecule has 3 heteroatoms. The third-order valence-electron chi connectivity index (χ3n) is 5.32. The lowest BCUT2D eigenvalue weighted by molar-refractivity contribution is 0.713. The minimum absolute atomic E-state index is 0.167. The van der Waals surface area contributed by atoms with Gasteiger partial charge < -0.3 is 10.6 Å². The third-order valence-corrected chi connectivity index (χ3v) is 5.54. The van der Waals surface area contributed by atoms with Gasteiger partial charge in [-0.1, -0.05) is 64.1 Å². The van der Waals surface area contributed by atoms with E-state index < -0.39 is 0 Å². The highest BCUT2D eigenvalue weighted by Gasteiger charge is 2.09. The van der Waals surface area contributed by atoms with Gasteiger partial charge in [0.1, 0.15) is 0 Å². The number of rotatable bonds is 7. The maximum absolute atomic E-state index is 5.48. The third kappa shape index (κ3) is 5.57. The molecule has 2 aromatic carbocycles. The molecule has 3 unspecified atom stereocenters. The average molecular weight is 369 g/mol. The summed E-state index contributed by atoms with van der Waals surface area (Å²) in [7, 11) is 0. The Morgan fingerprint density at radius 3 is 1.65 bits per heavy atom. The summed E-state index contributed by atoms with van der Waals surface area (Å²) in [5, 5.41) is 7.31. The smallest absolute Gasteiger partial charge is 0.171 e. The summed E-state index contributed by atoms with van der Waals surface area (Å²) in [6.07, 6.45) is 2.32. The van der Waals surface area contributed by atoms with E-state index in [0.29, 0.717) is 16.9 Å². The van der Waals surface area contributed by atoms with Crippen molar-refractivity contribution in [1.82, 2.24) is 5.32 Å². The van der Waals surface area contributed by atoms with Crippen molar-refractivity contribution in [1.29, 1.82) is 0 Å². The molecule has 2 aromatic rings. The Bertz CT molecular complexity index is 691. The summed E-state index contributed by atoms with van der Waals surface area (Å²) in [5.41, 5.74) is 5.03. The highest BCUT2D eigenvalue weighted by Crippen LogP contribution is 2.22. The monoisotopic (exact) mass is 368 g/mol. The number of hydrogen-bond donors (Lipinski definition) is 2. The molecule has 140 valence electrons. The maximum Gasteiger partial charge on any atom is 0.171 e. The van der Waals surface area contributed by atoms with Crippen LogP contribution in [0.2, 0.25) is 0 Å².